The number of nitrogens with zero attached hydrogens (tertiary/aromatic N) is 1. The van der Waals surface area contributed by atoms with Crippen LogP contribution >= 0.6 is 11.6 Å². The Morgan fingerprint density at radius 1 is 1.15 bits per heavy atom. The number of hydrogen-bond acceptors (Lipinski definition) is 2. The highest BCUT2D eigenvalue weighted by molar-refractivity contribution is 6.30. The van der Waals surface area contributed by atoms with E-state index < -0.39 is 0 Å². The summed E-state index contributed by atoms with van der Waals surface area (Å²) >= 11 is 6.05. The smallest absolute Gasteiger partial charge is 0.220 e. The highest BCUT2D eigenvalue weighted by Crippen LogP contribution is 2.39. The summed E-state index contributed by atoms with van der Waals surface area (Å²) in [5.41, 5.74) is 1.40. The van der Waals surface area contributed by atoms with Crippen LogP contribution in [-0.4, -0.2) is 31.4 Å². The average molecular weight is 379 g/mol. The summed E-state index contributed by atoms with van der Waals surface area (Å²) in [6, 6.07) is 8.73. The minimum Gasteiger partial charge on any atom is -0.356 e. The zero-order valence-corrected chi connectivity index (χ0v) is 17.8. The average Bonchev–Trinajstić information content (AvgIpc) is 2.54. The first kappa shape index (κ1) is 21.2. The minimum absolute atomic E-state index is 0.0548. The summed E-state index contributed by atoms with van der Waals surface area (Å²) in [4.78, 5) is 14.4. The number of amides is 1. The summed E-state index contributed by atoms with van der Waals surface area (Å²) in [6.45, 7) is 7.15. The van der Waals surface area contributed by atoms with Gasteiger partial charge in [0.05, 0.1) is 0 Å². The van der Waals surface area contributed by atoms with Gasteiger partial charge in [-0.1, -0.05) is 44.5 Å². The highest BCUT2D eigenvalue weighted by atomic mass is 35.5. The van der Waals surface area contributed by atoms with Gasteiger partial charge in [-0.2, -0.15) is 0 Å². The van der Waals surface area contributed by atoms with Crippen molar-refractivity contribution >= 4 is 17.5 Å². The van der Waals surface area contributed by atoms with Gasteiger partial charge in [-0.25, -0.2) is 0 Å². The molecule has 1 saturated carbocycles. The Bertz CT molecular complexity index is 569. The number of rotatable bonds is 6. The minimum atomic E-state index is 0.0548. The Labute approximate surface area is 164 Å². The Kier molecular flexibility index (Phi) is 7.54. The molecule has 1 aromatic rings. The Hall–Kier alpha value is -1.06. The molecule has 0 spiro atoms. The van der Waals surface area contributed by atoms with Crippen LogP contribution in [0, 0.1) is 17.3 Å². The molecule has 1 aromatic carbocycles. The molecule has 3 nitrogen and oxygen atoms in total. The van der Waals surface area contributed by atoms with E-state index in [9.17, 15) is 4.79 Å². The van der Waals surface area contributed by atoms with Crippen LogP contribution in [0.5, 0.6) is 0 Å². The monoisotopic (exact) mass is 378 g/mol. The van der Waals surface area contributed by atoms with Crippen molar-refractivity contribution in [1.29, 1.82) is 0 Å². The maximum Gasteiger partial charge on any atom is 0.220 e. The highest BCUT2D eigenvalue weighted by Gasteiger charge is 2.30. The van der Waals surface area contributed by atoms with Crippen LogP contribution in [0.15, 0.2) is 24.3 Å². The van der Waals surface area contributed by atoms with Crippen molar-refractivity contribution in [2.45, 2.75) is 58.9 Å². The molecule has 0 heterocycles. The van der Waals surface area contributed by atoms with E-state index in [1.54, 1.807) is 0 Å². The summed E-state index contributed by atoms with van der Waals surface area (Å²) in [7, 11) is 4.33. The Balaban J connectivity index is 1.86. The number of halogens is 1. The lowest BCUT2D eigenvalue weighted by molar-refractivity contribution is -0.123. The SMILES string of the molecule is CN(C)C(c1ccc(Cl)cc1)C1CCC(CNC(=O)CC(C)(C)C)CC1. The van der Waals surface area contributed by atoms with E-state index in [0.717, 1.165) is 11.6 Å². The van der Waals surface area contributed by atoms with Gasteiger partial charge in [0.1, 0.15) is 0 Å². The fraction of sp³-hybridized carbons (Fsp3) is 0.682. The second kappa shape index (κ2) is 9.23. The predicted molar refractivity (Wildman–Crippen MR) is 110 cm³/mol. The number of benzene rings is 1. The van der Waals surface area contributed by atoms with Crippen molar-refractivity contribution in [3.63, 3.8) is 0 Å². The van der Waals surface area contributed by atoms with Crippen molar-refractivity contribution in [2.24, 2.45) is 17.3 Å². The molecule has 26 heavy (non-hydrogen) atoms. The molecule has 0 aromatic heterocycles. The van der Waals surface area contributed by atoms with Crippen LogP contribution in [0.3, 0.4) is 0 Å². The molecule has 0 bridgehead atoms. The van der Waals surface area contributed by atoms with E-state index in [1.807, 2.05) is 12.1 Å². The van der Waals surface area contributed by atoms with E-state index in [2.05, 4.69) is 57.2 Å². The van der Waals surface area contributed by atoms with Crippen molar-refractivity contribution in [1.82, 2.24) is 10.2 Å². The molecule has 0 saturated heterocycles. The lowest BCUT2D eigenvalue weighted by atomic mass is 9.76. The van der Waals surface area contributed by atoms with Crippen LogP contribution in [0.2, 0.25) is 5.02 Å². The van der Waals surface area contributed by atoms with E-state index >= 15 is 0 Å². The van der Waals surface area contributed by atoms with Crippen LogP contribution in [0.25, 0.3) is 0 Å². The molecule has 1 atom stereocenters. The molecule has 146 valence electrons. The summed E-state index contributed by atoms with van der Waals surface area (Å²) < 4.78 is 0. The standard InChI is InChI=1S/C22H35ClN2O/c1-22(2,3)14-20(26)24-15-16-6-8-17(9-7-16)21(25(4)5)18-10-12-19(23)13-11-18/h10-13,16-17,21H,6-9,14-15H2,1-5H3,(H,24,26). The zero-order valence-electron chi connectivity index (χ0n) is 17.0. The largest absolute Gasteiger partial charge is 0.356 e. The molecule has 1 N–H and O–H groups in total. The van der Waals surface area contributed by atoms with E-state index in [0.29, 0.717) is 24.3 Å². The van der Waals surface area contributed by atoms with Gasteiger partial charge in [-0.05, 0) is 74.7 Å². The van der Waals surface area contributed by atoms with Crippen molar-refractivity contribution < 1.29 is 4.79 Å². The molecular weight excluding hydrogens is 344 g/mol. The molecule has 1 fully saturated rings. The van der Waals surface area contributed by atoms with Gasteiger partial charge >= 0.3 is 0 Å². The predicted octanol–water partition coefficient (Wildman–Crippen LogP) is 5.30. The third-order valence-electron chi connectivity index (χ3n) is 5.38. The molecule has 1 amide bonds. The number of nitrogens with one attached hydrogen (secondary N) is 1. The molecule has 2 rings (SSSR count). The van der Waals surface area contributed by atoms with Gasteiger partial charge in [0.2, 0.25) is 5.91 Å². The maximum absolute atomic E-state index is 12.0. The first-order chi connectivity index (χ1) is 12.2. The molecule has 1 aliphatic rings. The fourth-order valence-electron chi connectivity index (χ4n) is 4.16. The third-order valence-corrected chi connectivity index (χ3v) is 5.64. The van der Waals surface area contributed by atoms with E-state index in [4.69, 9.17) is 11.6 Å². The summed E-state index contributed by atoms with van der Waals surface area (Å²) in [5.74, 6) is 1.46. The van der Waals surface area contributed by atoms with Crippen LogP contribution in [0.4, 0.5) is 0 Å². The normalized spacial score (nSPS) is 22.3. The fourth-order valence-corrected chi connectivity index (χ4v) is 4.29. The second-order valence-electron chi connectivity index (χ2n) is 9.28. The first-order valence-electron chi connectivity index (χ1n) is 9.84. The number of carbonyl (C=O) groups excluding carboxylic acids is 1. The van der Waals surface area contributed by atoms with Gasteiger partial charge in [0.15, 0.2) is 0 Å². The maximum atomic E-state index is 12.0. The zero-order chi connectivity index (χ0) is 19.3. The molecule has 0 aliphatic heterocycles. The Morgan fingerprint density at radius 2 is 1.73 bits per heavy atom. The molecule has 1 aliphatic carbocycles. The van der Waals surface area contributed by atoms with E-state index in [-0.39, 0.29) is 11.3 Å². The topological polar surface area (TPSA) is 32.3 Å². The van der Waals surface area contributed by atoms with Crippen LogP contribution in [0.1, 0.15) is 64.5 Å². The van der Waals surface area contributed by atoms with Gasteiger partial charge in [0.25, 0.3) is 0 Å². The van der Waals surface area contributed by atoms with Crippen molar-refractivity contribution in [3.8, 4) is 0 Å². The third kappa shape index (κ3) is 6.59. The number of hydrogen-bond donors (Lipinski definition) is 1. The molecule has 1 unspecified atom stereocenters. The number of carbonyl (C=O) groups is 1. The first-order valence-corrected chi connectivity index (χ1v) is 10.2. The molecule has 0 radical (unpaired) electrons. The van der Waals surface area contributed by atoms with Gasteiger partial charge in [-0.15, -0.1) is 0 Å². The molecular formula is C22H35ClN2O. The van der Waals surface area contributed by atoms with Gasteiger partial charge in [0, 0.05) is 24.0 Å². The van der Waals surface area contributed by atoms with Crippen LogP contribution in [-0.2, 0) is 4.79 Å². The quantitative estimate of drug-likeness (QED) is 0.728. The summed E-state index contributed by atoms with van der Waals surface area (Å²) in [6.07, 6.45) is 5.41. The summed E-state index contributed by atoms with van der Waals surface area (Å²) in [5, 5.41) is 3.94. The van der Waals surface area contributed by atoms with Gasteiger partial charge in [-0.3, -0.25) is 4.79 Å². The van der Waals surface area contributed by atoms with Gasteiger partial charge < -0.3 is 10.2 Å². The second-order valence-corrected chi connectivity index (χ2v) is 9.72. The lowest BCUT2D eigenvalue weighted by Gasteiger charge is -2.37. The van der Waals surface area contributed by atoms with Crippen LogP contribution < -0.4 is 5.32 Å². The molecule has 4 heteroatoms. The van der Waals surface area contributed by atoms with Crippen molar-refractivity contribution in [2.75, 3.05) is 20.6 Å². The van der Waals surface area contributed by atoms with E-state index in [1.165, 1.54) is 31.2 Å². The van der Waals surface area contributed by atoms with Crippen molar-refractivity contribution in [3.05, 3.63) is 34.9 Å². The Morgan fingerprint density at radius 3 is 2.23 bits per heavy atom. The lowest BCUT2D eigenvalue weighted by Crippen LogP contribution is -2.35.